The molecule has 0 aromatic carbocycles. The number of hydrogen-bond acceptors (Lipinski definition) is 4. The topological polar surface area (TPSA) is 55.4 Å². The first-order valence-electron chi connectivity index (χ1n) is 4.44. The molecule has 0 aliphatic heterocycles. The average molecular weight is 227 g/mol. The third-order valence-electron chi connectivity index (χ3n) is 1.45. The van der Waals surface area contributed by atoms with Crippen LogP contribution in [0.3, 0.4) is 0 Å². The van der Waals surface area contributed by atoms with Gasteiger partial charge in [0.15, 0.2) is 6.29 Å². The fourth-order valence-electron chi connectivity index (χ4n) is 0.913. The molecule has 4 nitrogen and oxygen atoms in total. The second-order valence-corrected chi connectivity index (χ2v) is 4.73. The van der Waals surface area contributed by atoms with E-state index < -0.39 is 11.7 Å². The van der Waals surface area contributed by atoms with Crippen LogP contribution in [0.2, 0.25) is 0 Å². The van der Waals surface area contributed by atoms with Crippen molar-refractivity contribution in [2.45, 2.75) is 26.4 Å². The first kappa shape index (κ1) is 11.7. The molecule has 0 spiro atoms. The summed E-state index contributed by atoms with van der Waals surface area (Å²) in [6.45, 7) is 5.34. The molecule has 0 aliphatic carbocycles. The van der Waals surface area contributed by atoms with Crippen molar-refractivity contribution < 1.29 is 14.3 Å². The van der Waals surface area contributed by atoms with E-state index >= 15 is 0 Å². The highest BCUT2D eigenvalue weighted by atomic mass is 32.1. The molecule has 1 rings (SSSR count). The van der Waals surface area contributed by atoms with E-state index in [1.165, 1.54) is 11.3 Å². The molecule has 0 radical (unpaired) electrons. The van der Waals surface area contributed by atoms with Crippen molar-refractivity contribution in [2.24, 2.45) is 0 Å². The molecule has 1 amide bonds. The summed E-state index contributed by atoms with van der Waals surface area (Å²) in [4.78, 5) is 21.9. The van der Waals surface area contributed by atoms with Gasteiger partial charge in [0.2, 0.25) is 0 Å². The molecule has 0 atom stereocenters. The third kappa shape index (κ3) is 3.71. The van der Waals surface area contributed by atoms with Crippen LogP contribution in [0.5, 0.6) is 0 Å². The maximum atomic E-state index is 11.3. The van der Waals surface area contributed by atoms with Crippen LogP contribution in [0.25, 0.3) is 0 Å². The van der Waals surface area contributed by atoms with E-state index in [1.807, 2.05) is 0 Å². The minimum Gasteiger partial charge on any atom is -0.444 e. The van der Waals surface area contributed by atoms with E-state index in [4.69, 9.17) is 4.74 Å². The Morgan fingerprint density at radius 3 is 2.67 bits per heavy atom. The molecular weight excluding hydrogens is 214 g/mol. The number of amides is 1. The van der Waals surface area contributed by atoms with E-state index in [0.717, 1.165) is 0 Å². The SMILES string of the molecule is CC(C)(C)OC(=O)Nc1cscc1C=O. The zero-order valence-corrected chi connectivity index (χ0v) is 9.68. The Kier molecular flexibility index (Phi) is 3.47. The Balaban J connectivity index is 2.63. The zero-order chi connectivity index (χ0) is 11.5. The Hall–Kier alpha value is -1.36. The molecular formula is C10H13NO3S. The van der Waals surface area contributed by atoms with Crippen molar-refractivity contribution in [3.8, 4) is 0 Å². The van der Waals surface area contributed by atoms with Gasteiger partial charge < -0.3 is 4.74 Å². The van der Waals surface area contributed by atoms with Gasteiger partial charge in [0.25, 0.3) is 0 Å². The van der Waals surface area contributed by atoms with Crippen LogP contribution >= 0.6 is 11.3 Å². The Morgan fingerprint density at radius 1 is 1.47 bits per heavy atom. The Labute approximate surface area is 92.2 Å². The largest absolute Gasteiger partial charge is 0.444 e. The second-order valence-electron chi connectivity index (χ2n) is 3.99. The summed E-state index contributed by atoms with van der Waals surface area (Å²) in [5.74, 6) is 0. The van der Waals surface area contributed by atoms with Crippen LogP contribution in [-0.4, -0.2) is 18.0 Å². The van der Waals surface area contributed by atoms with Gasteiger partial charge >= 0.3 is 6.09 Å². The fraction of sp³-hybridized carbons (Fsp3) is 0.400. The van der Waals surface area contributed by atoms with E-state index in [-0.39, 0.29) is 0 Å². The van der Waals surface area contributed by atoms with Crippen LogP contribution in [0.4, 0.5) is 10.5 Å². The monoisotopic (exact) mass is 227 g/mol. The quantitative estimate of drug-likeness (QED) is 0.790. The average Bonchev–Trinajstić information content (AvgIpc) is 2.48. The zero-order valence-electron chi connectivity index (χ0n) is 8.87. The standard InChI is InChI=1S/C10H13NO3S/c1-10(2,3)14-9(13)11-8-6-15-5-7(8)4-12/h4-6H,1-3H3,(H,11,13). The normalized spacial score (nSPS) is 10.9. The number of nitrogens with one attached hydrogen (secondary N) is 1. The molecule has 1 aromatic heterocycles. The van der Waals surface area contributed by atoms with E-state index in [1.54, 1.807) is 31.5 Å². The molecule has 1 aromatic rings. The first-order chi connectivity index (χ1) is 6.92. The molecule has 0 aliphatic rings. The number of thiophene rings is 1. The van der Waals surface area contributed by atoms with Gasteiger partial charge in [-0.25, -0.2) is 4.79 Å². The van der Waals surface area contributed by atoms with Crippen LogP contribution in [-0.2, 0) is 4.74 Å². The van der Waals surface area contributed by atoms with Crippen LogP contribution in [0.15, 0.2) is 10.8 Å². The minimum absolute atomic E-state index is 0.464. The smallest absolute Gasteiger partial charge is 0.412 e. The minimum atomic E-state index is -0.552. The number of rotatable bonds is 2. The third-order valence-corrected chi connectivity index (χ3v) is 2.22. The van der Waals surface area contributed by atoms with Crippen molar-refractivity contribution in [3.63, 3.8) is 0 Å². The van der Waals surface area contributed by atoms with Gasteiger partial charge in [0.1, 0.15) is 5.60 Å². The van der Waals surface area contributed by atoms with Gasteiger partial charge in [-0.3, -0.25) is 10.1 Å². The second kappa shape index (κ2) is 4.44. The highest BCUT2D eigenvalue weighted by Gasteiger charge is 2.17. The van der Waals surface area contributed by atoms with Gasteiger partial charge in [-0.1, -0.05) is 0 Å². The number of carbonyl (C=O) groups is 2. The van der Waals surface area contributed by atoms with Gasteiger partial charge in [-0.05, 0) is 20.8 Å². The number of ether oxygens (including phenoxy) is 1. The van der Waals surface area contributed by atoms with Gasteiger partial charge in [-0.2, -0.15) is 0 Å². The molecule has 5 heteroatoms. The molecule has 0 saturated carbocycles. The Morgan fingerprint density at radius 2 is 2.13 bits per heavy atom. The van der Waals surface area contributed by atoms with Crippen molar-refractivity contribution >= 4 is 29.4 Å². The van der Waals surface area contributed by atoms with E-state index in [2.05, 4.69) is 5.32 Å². The molecule has 1 N–H and O–H groups in total. The summed E-state index contributed by atoms with van der Waals surface area (Å²) in [5, 5.41) is 5.87. The number of anilines is 1. The summed E-state index contributed by atoms with van der Waals surface area (Å²) in [7, 11) is 0. The molecule has 82 valence electrons. The summed E-state index contributed by atoms with van der Waals surface area (Å²) >= 11 is 1.35. The summed E-state index contributed by atoms with van der Waals surface area (Å²) in [6, 6.07) is 0. The molecule has 0 saturated heterocycles. The number of carbonyl (C=O) groups excluding carboxylic acids is 2. The van der Waals surface area contributed by atoms with E-state index in [9.17, 15) is 9.59 Å². The lowest BCUT2D eigenvalue weighted by molar-refractivity contribution is 0.0636. The molecule has 15 heavy (non-hydrogen) atoms. The highest BCUT2D eigenvalue weighted by molar-refractivity contribution is 7.08. The predicted molar refractivity (Wildman–Crippen MR) is 59.6 cm³/mol. The molecule has 1 heterocycles. The van der Waals surface area contributed by atoms with Crippen molar-refractivity contribution in [1.82, 2.24) is 0 Å². The van der Waals surface area contributed by atoms with Gasteiger partial charge in [-0.15, -0.1) is 11.3 Å². The maximum absolute atomic E-state index is 11.3. The summed E-state index contributed by atoms with van der Waals surface area (Å²) < 4.78 is 5.05. The predicted octanol–water partition coefficient (Wildman–Crippen LogP) is 2.91. The maximum Gasteiger partial charge on any atom is 0.412 e. The Bertz CT molecular complexity index is 365. The molecule has 0 unspecified atom stereocenters. The van der Waals surface area contributed by atoms with Gasteiger partial charge in [0, 0.05) is 16.3 Å². The van der Waals surface area contributed by atoms with E-state index in [0.29, 0.717) is 17.5 Å². The lowest BCUT2D eigenvalue weighted by Gasteiger charge is -2.19. The highest BCUT2D eigenvalue weighted by Crippen LogP contribution is 2.19. The van der Waals surface area contributed by atoms with Crippen LogP contribution in [0.1, 0.15) is 31.1 Å². The summed E-state index contributed by atoms with van der Waals surface area (Å²) in [6.07, 6.45) is 0.146. The van der Waals surface area contributed by atoms with Crippen LogP contribution < -0.4 is 5.32 Å². The van der Waals surface area contributed by atoms with Crippen molar-refractivity contribution in [2.75, 3.05) is 5.32 Å². The van der Waals surface area contributed by atoms with Gasteiger partial charge in [0.05, 0.1) is 5.69 Å². The number of hydrogen-bond donors (Lipinski definition) is 1. The number of aldehydes is 1. The first-order valence-corrected chi connectivity index (χ1v) is 5.38. The lowest BCUT2D eigenvalue weighted by Crippen LogP contribution is -2.27. The molecule has 0 bridgehead atoms. The lowest BCUT2D eigenvalue weighted by atomic mass is 10.2. The van der Waals surface area contributed by atoms with Crippen LogP contribution in [0, 0.1) is 0 Å². The van der Waals surface area contributed by atoms with Crippen molar-refractivity contribution in [1.29, 1.82) is 0 Å². The summed E-state index contributed by atoms with van der Waals surface area (Å²) in [5.41, 5.74) is 0.414. The van der Waals surface area contributed by atoms with Crippen molar-refractivity contribution in [3.05, 3.63) is 16.3 Å². The fourth-order valence-corrected chi connectivity index (χ4v) is 1.64. The molecule has 0 fully saturated rings.